The number of hydrogen-bond acceptors (Lipinski definition) is 3. The fraction of sp³-hybridized carbons (Fsp3) is 0.333. The average molecular weight is 348 g/mol. The SMILES string of the molecule is O=C(Cn1c(=O)oc2ccccc21)N(C1CC1)C1CCc2ccccc21. The number of hydrogen-bond donors (Lipinski definition) is 0. The van der Waals surface area contributed by atoms with Crippen LogP contribution < -0.4 is 5.76 Å². The van der Waals surface area contributed by atoms with Gasteiger partial charge in [-0.2, -0.15) is 0 Å². The maximum Gasteiger partial charge on any atom is 0.420 e. The second-order valence-corrected chi connectivity index (χ2v) is 7.21. The van der Waals surface area contributed by atoms with Crippen molar-refractivity contribution in [3.8, 4) is 0 Å². The number of fused-ring (bicyclic) bond motifs is 2. The summed E-state index contributed by atoms with van der Waals surface area (Å²) in [5.74, 6) is -0.468. The molecule has 0 spiro atoms. The summed E-state index contributed by atoms with van der Waals surface area (Å²) in [5.41, 5.74) is 3.79. The number of carbonyl (C=O) groups excluding carboxylic acids is 1. The zero-order chi connectivity index (χ0) is 17.7. The third-order valence-electron chi connectivity index (χ3n) is 5.53. The Labute approximate surface area is 150 Å². The first-order valence-corrected chi connectivity index (χ1v) is 9.20. The summed E-state index contributed by atoms with van der Waals surface area (Å²) in [6.45, 7) is 0.0328. The molecule has 2 aliphatic carbocycles. The van der Waals surface area contributed by atoms with Crippen LogP contribution in [0.1, 0.15) is 36.4 Å². The van der Waals surface area contributed by atoms with Crippen LogP contribution in [0.2, 0.25) is 0 Å². The maximum absolute atomic E-state index is 13.2. The summed E-state index contributed by atoms with van der Waals surface area (Å²) in [7, 11) is 0. The monoisotopic (exact) mass is 348 g/mol. The molecule has 1 saturated carbocycles. The Morgan fingerprint density at radius 1 is 1.08 bits per heavy atom. The van der Waals surface area contributed by atoms with Crippen molar-refractivity contribution in [2.24, 2.45) is 0 Å². The molecular weight excluding hydrogens is 328 g/mol. The van der Waals surface area contributed by atoms with Crippen molar-refractivity contribution in [1.29, 1.82) is 0 Å². The van der Waals surface area contributed by atoms with E-state index in [2.05, 4.69) is 18.2 Å². The summed E-state index contributed by atoms with van der Waals surface area (Å²) in [6, 6.07) is 16.1. The van der Waals surface area contributed by atoms with Crippen LogP contribution in [0.5, 0.6) is 0 Å². The first kappa shape index (κ1) is 15.4. The molecule has 0 saturated heterocycles. The summed E-state index contributed by atoms with van der Waals surface area (Å²) >= 11 is 0. The first-order chi connectivity index (χ1) is 12.7. The van der Waals surface area contributed by atoms with Gasteiger partial charge in [-0.25, -0.2) is 4.79 Å². The second kappa shape index (κ2) is 5.87. The van der Waals surface area contributed by atoms with Crippen LogP contribution in [-0.4, -0.2) is 21.4 Å². The van der Waals surface area contributed by atoms with E-state index in [4.69, 9.17) is 4.42 Å². The van der Waals surface area contributed by atoms with Crippen LogP contribution in [0.4, 0.5) is 0 Å². The molecule has 2 aromatic carbocycles. The van der Waals surface area contributed by atoms with E-state index in [1.165, 1.54) is 15.7 Å². The van der Waals surface area contributed by atoms with Crippen LogP contribution in [0.25, 0.3) is 11.1 Å². The third-order valence-corrected chi connectivity index (χ3v) is 5.53. The van der Waals surface area contributed by atoms with Gasteiger partial charge in [-0.3, -0.25) is 9.36 Å². The van der Waals surface area contributed by atoms with Crippen molar-refractivity contribution in [3.63, 3.8) is 0 Å². The zero-order valence-corrected chi connectivity index (χ0v) is 14.4. The molecule has 1 amide bonds. The Morgan fingerprint density at radius 3 is 2.69 bits per heavy atom. The normalized spacial score (nSPS) is 18.8. The lowest BCUT2D eigenvalue weighted by Crippen LogP contribution is -2.39. The smallest absolute Gasteiger partial charge is 0.408 e. The van der Waals surface area contributed by atoms with Gasteiger partial charge in [-0.15, -0.1) is 0 Å². The average Bonchev–Trinajstić information content (AvgIpc) is 3.32. The molecule has 5 nitrogen and oxygen atoms in total. The van der Waals surface area contributed by atoms with Gasteiger partial charge in [-0.1, -0.05) is 36.4 Å². The Hall–Kier alpha value is -2.82. The second-order valence-electron chi connectivity index (χ2n) is 7.21. The van der Waals surface area contributed by atoms with E-state index < -0.39 is 5.76 Å². The number of carbonyl (C=O) groups is 1. The van der Waals surface area contributed by atoms with Crippen LogP contribution in [0, 0.1) is 0 Å². The molecule has 2 aliphatic rings. The quantitative estimate of drug-likeness (QED) is 0.727. The molecule has 132 valence electrons. The van der Waals surface area contributed by atoms with Crippen molar-refractivity contribution in [2.45, 2.75) is 44.3 Å². The Morgan fingerprint density at radius 2 is 1.85 bits per heavy atom. The Balaban J connectivity index is 1.48. The molecule has 1 atom stereocenters. The summed E-state index contributed by atoms with van der Waals surface area (Å²) in [5, 5.41) is 0. The van der Waals surface area contributed by atoms with E-state index in [0.29, 0.717) is 17.1 Å². The molecule has 1 aromatic heterocycles. The molecule has 1 heterocycles. The number of benzene rings is 2. The lowest BCUT2D eigenvalue weighted by Gasteiger charge is -2.30. The van der Waals surface area contributed by atoms with E-state index in [0.717, 1.165) is 25.7 Å². The molecule has 0 aliphatic heterocycles. The number of aromatic nitrogens is 1. The van der Waals surface area contributed by atoms with Crippen molar-refractivity contribution < 1.29 is 9.21 Å². The predicted octanol–water partition coefficient (Wildman–Crippen LogP) is 3.27. The molecule has 5 heteroatoms. The van der Waals surface area contributed by atoms with Crippen molar-refractivity contribution in [2.75, 3.05) is 0 Å². The standard InChI is InChI=1S/C21H20N2O3/c24-20(13-22-18-7-3-4-8-19(18)26-21(22)25)23(15-10-11-15)17-12-9-14-5-1-2-6-16(14)17/h1-8,15,17H,9-13H2. The van der Waals surface area contributed by atoms with Gasteiger partial charge in [0, 0.05) is 6.04 Å². The van der Waals surface area contributed by atoms with Gasteiger partial charge in [0.25, 0.3) is 0 Å². The lowest BCUT2D eigenvalue weighted by atomic mass is 10.1. The number of para-hydroxylation sites is 2. The molecule has 0 bridgehead atoms. The maximum atomic E-state index is 13.2. The fourth-order valence-electron chi connectivity index (χ4n) is 4.19. The molecule has 1 fully saturated rings. The molecular formula is C21H20N2O3. The third kappa shape index (κ3) is 2.46. The van der Waals surface area contributed by atoms with E-state index >= 15 is 0 Å². The van der Waals surface area contributed by atoms with E-state index in [1.807, 2.05) is 29.2 Å². The number of nitrogens with zero attached hydrogens (tertiary/aromatic N) is 2. The van der Waals surface area contributed by atoms with Crippen molar-refractivity contribution in [3.05, 3.63) is 70.2 Å². The van der Waals surface area contributed by atoms with Gasteiger partial charge in [0.05, 0.1) is 11.6 Å². The topological polar surface area (TPSA) is 55.5 Å². The highest BCUT2D eigenvalue weighted by Gasteiger charge is 2.40. The van der Waals surface area contributed by atoms with Gasteiger partial charge in [0.2, 0.25) is 5.91 Å². The summed E-state index contributed by atoms with van der Waals surface area (Å²) < 4.78 is 6.73. The molecule has 1 unspecified atom stereocenters. The van der Waals surface area contributed by atoms with Gasteiger partial charge in [-0.05, 0) is 48.9 Å². The van der Waals surface area contributed by atoms with Crippen LogP contribution in [0.15, 0.2) is 57.7 Å². The predicted molar refractivity (Wildman–Crippen MR) is 97.8 cm³/mol. The number of aryl methyl sites for hydroxylation is 1. The minimum absolute atomic E-state index is 0.00264. The highest BCUT2D eigenvalue weighted by Crippen LogP contribution is 2.41. The molecule has 0 N–H and O–H groups in total. The number of oxazole rings is 1. The molecule has 5 rings (SSSR count). The Bertz CT molecular complexity index is 1040. The van der Waals surface area contributed by atoms with Gasteiger partial charge < -0.3 is 9.32 Å². The molecule has 26 heavy (non-hydrogen) atoms. The molecule has 3 aromatic rings. The Kier molecular flexibility index (Phi) is 3.48. The summed E-state index contributed by atoms with van der Waals surface area (Å²) in [4.78, 5) is 27.5. The van der Waals surface area contributed by atoms with Gasteiger partial charge in [0.1, 0.15) is 6.54 Å². The number of amides is 1. The van der Waals surface area contributed by atoms with Crippen molar-refractivity contribution in [1.82, 2.24) is 9.47 Å². The lowest BCUT2D eigenvalue weighted by molar-refractivity contribution is -0.135. The van der Waals surface area contributed by atoms with E-state index in [-0.39, 0.29) is 18.5 Å². The van der Waals surface area contributed by atoms with Crippen LogP contribution in [0.3, 0.4) is 0 Å². The van der Waals surface area contributed by atoms with Gasteiger partial charge in [0.15, 0.2) is 5.58 Å². The van der Waals surface area contributed by atoms with Crippen molar-refractivity contribution >= 4 is 17.0 Å². The molecule has 0 radical (unpaired) electrons. The van der Waals surface area contributed by atoms with Crippen LogP contribution >= 0.6 is 0 Å². The van der Waals surface area contributed by atoms with Gasteiger partial charge >= 0.3 is 5.76 Å². The van der Waals surface area contributed by atoms with E-state index in [9.17, 15) is 9.59 Å². The minimum atomic E-state index is -0.470. The summed E-state index contributed by atoms with van der Waals surface area (Å²) in [6.07, 6.45) is 4.06. The number of rotatable bonds is 4. The van der Waals surface area contributed by atoms with E-state index in [1.54, 1.807) is 6.07 Å². The minimum Gasteiger partial charge on any atom is -0.408 e. The largest absolute Gasteiger partial charge is 0.420 e. The zero-order valence-electron chi connectivity index (χ0n) is 14.4. The first-order valence-electron chi connectivity index (χ1n) is 9.20. The highest BCUT2D eigenvalue weighted by atomic mass is 16.4. The highest BCUT2D eigenvalue weighted by molar-refractivity contribution is 5.80. The van der Waals surface area contributed by atoms with Crippen LogP contribution in [-0.2, 0) is 17.8 Å². The fourth-order valence-corrected chi connectivity index (χ4v) is 4.19.